The zero-order chi connectivity index (χ0) is 38.9. The summed E-state index contributed by atoms with van der Waals surface area (Å²) in [4.78, 5) is 8.32. The van der Waals surface area contributed by atoms with Gasteiger partial charge in [0.1, 0.15) is 18.2 Å². The quantitative estimate of drug-likeness (QED) is 0.187. The van der Waals surface area contributed by atoms with E-state index in [-0.39, 0.29) is 24.3 Å². The monoisotopic (exact) mass is 764 g/mol. The van der Waals surface area contributed by atoms with Gasteiger partial charge < -0.3 is 10.2 Å². The highest BCUT2D eigenvalue weighted by Crippen LogP contribution is 2.56. The van der Waals surface area contributed by atoms with Crippen molar-refractivity contribution in [3.63, 3.8) is 0 Å². The van der Waals surface area contributed by atoms with Crippen molar-refractivity contribution in [3.05, 3.63) is 219 Å². The third-order valence-corrected chi connectivity index (χ3v) is 13.9. The van der Waals surface area contributed by atoms with Crippen LogP contribution >= 0.6 is 0 Å². The zero-order valence-electron chi connectivity index (χ0n) is 33.3. The predicted octanol–water partition coefficient (Wildman–Crippen LogP) is 11.9. The smallest absolute Gasteiger partial charge is 0.131 e. The third kappa shape index (κ3) is 5.79. The molecule has 5 unspecified atom stereocenters. The Kier molecular flexibility index (Phi) is 8.40. The number of anilines is 1. The van der Waals surface area contributed by atoms with Gasteiger partial charge in [-0.25, -0.2) is 4.99 Å². The second kappa shape index (κ2) is 14.2. The molecule has 5 atom stereocenters. The van der Waals surface area contributed by atoms with E-state index >= 15 is 0 Å². The van der Waals surface area contributed by atoms with Crippen LogP contribution < -0.4 is 15.5 Å². The highest BCUT2D eigenvalue weighted by atomic mass is 15.3. The van der Waals surface area contributed by atoms with Gasteiger partial charge in [0.05, 0.1) is 6.04 Å². The van der Waals surface area contributed by atoms with E-state index in [4.69, 9.17) is 4.99 Å². The number of fused-ring (bicyclic) bond motifs is 7. The van der Waals surface area contributed by atoms with Crippen LogP contribution in [0.1, 0.15) is 89.0 Å². The molecule has 0 amide bonds. The van der Waals surface area contributed by atoms with Gasteiger partial charge in [-0.05, 0) is 118 Å². The molecule has 0 radical (unpaired) electrons. The van der Waals surface area contributed by atoms with Crippen LogP contribution in [0.4, 0.5) is 5.69 Å². The lowest BCUT2D eigenvalue weighted by molar-refractivity contribution is 0.418. The van der Waals surface area contributed by atoms with E-state index < -0.39 is 0 Å². The molecule has 59 heavy (non-hydrogen) atoms. The van der Waals surface area contributed by atoms with Crippen molar-refractivity contribution in [1.82, 2.24) is 10.6 Å². The number of allylic oxidation sites excluding steroid dienone is 9. The summed E-state index contributed by atoms with van der Waals surface area (Å²) < 4.78 is 0. The first-order valence-corrected chi connectivity index (χ1v) is 21.8. The molecule has 0 saturated carbocycles. The Morgan fingerprint density at radius 3 is 2.46 bits per heavy atom. The molecule has 0 fully saturated rings. The largest absolute Gasteiger partial charge is 0.350 e. The van der Waals surface area contributed by atoms with Crippen molar-refractivity contribution in [2.45, 2.75) is 75.2 Å². The number of hydrogen-bond donors (Lipinski definition) is 2. The summed E-state index contributed by atoms with van der Waals surface area (Å²) in [7, 11) is 0. The van der Waals surface area contributed by atoms with Crippen molar-refractivity contribution < 1.29 is 0 Å². The second-order valence-corrected chi connectivity index (χ2v) is 17.1. The van der Waals surface area contributed by atoms with Crippen molar-refractivity contribution in [1.29, 1.82) is 0 Å². The lowest BCUT2D eigenvalue weighted by atomic mass is 9.70. The van der Waals surface area contributed by atoms with Gasteiger partial charge in [0.15, 0.2) is 0 Å². The van der Waals surface area contributed by atoms with E-state index in [2.05, 4.69) is 179 Å². The molecule has 288 valence electrons. The van der Waals surface area contributed by atoms with Gasteiger partial charge in [0.2, 0.25) is 0 Å². The first-order chi connectivity index (χ1) is 29.3. The number of aliphatic imine (C=N–C) groups is 1. The Labute approximate surface area is 347 Å². The number of nitrogens with one attached hydrogen (secondary N) is 2. The second-order valence-electron chi connectivity index (χ2n) is 17.1. The molecule has 4 heteroatoms. The molecule has 0 aromatic heterocycles. The van der Waals surface area contributed by atoms with E-state index in [1.807, 2.05) is 0 Å². The van der Waals surface area contributed by atoms with Crippen LogP contribution in [-0.2, 0) is 12.8 Å². The fourth-order valence-electron chi connectivity index (χ4n) is 11.3. The third-order valence-electron chi connectivity index (χ3n) is 13.9. The summed E-state index contributed by atoms with van der Waals surface area (Å²) in [5.74, 6) is 1.60. The van der Waals surface area contributed by atoms with Crippen LogP contribution in [0.5, 0.6) is 0 Å². The zero-order valence-corrected chi connectivity index (χ0v) is 33.3. The fourth-order valence-corrected chi connectivity index (χ4v) is 11.3. The minimum atomic E-state index is -0.222. The lowest BCUT2D eigenvalue weighted by Crippen LogP contribution is -2.52. The van der Waals surface area contributed by atoms with Gasteiger partial charge in [-0.1, -0.05) is 157 Å². The van der Waals surface area contributed by atoms with E-state index in [9.17, 15) is 0 Å². The number of nitrogens with zero attached hydrogens (tertiary/aromatic N) is 2. The molecule has 0 bridgehead atoms. The van der Waals surface area contributed by atoms with Crippen LogP contribution in [0.3, 0.4) is 0 Å². The average Bonchev–Trinajstić information content (AvgIpc) is 3.63. The van der Waals surface area contributed by atoms with E-state index in [1.165, 1.54) is 77.8 Å². The topological polar surface area (TPSA) is 39.7 Å². The number of hydrogen-bond acceptors (Lipinski definition) is 4. The molecular formula is C55H48N4. The van der Waals surface area contributed by atoms with Crippen LogP contribution in [0.15, 0.2) is 185 Å². The van der Waals surface area contributed by atoms with Gasteiger partial charge in [-0.3, -0.25) is 5.32 Å². The predicted molar refractivity (Wildman–Crippen MR) is 244 cm³/mol. The number of benzene rings is 5. The SMILES string of the molecule is C1=CCC(N2C3=Cc4ccccc4CC3c3c(C4Cc5ccccc5C5=C4CCC=C5)cccc32)C(C2N=C(C3=CCCC=C3)NC(c3cccc4ccccc34)N2)=C1. The van der Waals surface area contributed by atoms with Crippen molar-refractivity contribution in [2.24, 2.45) is 4.99 Å². The van der Waals surface area contributed by atoms with E-state index in [0.717, 1.165) is 50.8 Å². The fraction of sp³-hybridized carbons (Fsp3) is 0.218. The molecule has 5 aromatic rings. The number of amidine groups is 1. The maximum absolute atomic E-state index is 5.57. The molecule has 5 aromatic carbocycles. The van der Waals surface area contributed by atoms with Gasteiger partial charge in [0, 0.05) is 28.8 Å². The Hall–Kier alpha value is -6.23. The van der Waals surface area contributed by atoms with Crippen LogP contribution in [-0.4, -0.2) is 18.0 Å². The van der Waals surface area contributed by atoms with Gasteiger partial charge in [-0.2, -0.15) is 0 Å². The summed E-state index contributed by atoms with van der Waals surface area (Å²) >= 11 is 0. The van der Waals surface area contributed by atoms with Crippen LogP contribution in [0.2, 0.25) is 0 Å². The van der Waals surface area contributed by atoms with Crippen LogP contribution in [0.25, 0.3) is 22.4 Å². The van der Waals surface area contributed by atoms with Crippen molar-refractivity contribution in [3.8, 4) is 0 Å². The number of rotatable bonds is 5. The molecule has 0 saturated heterocycles. The minimum absolute atomic E-state index is 0.0969. The standard InChI is InChI=1S/C55H48N4/c1-2-17-36(18-3-1)53-56-54(45-29-14-22-35-16-6-8-23-40(35)45)58-55(57-53)46-27-12-13-30-49(46)59-50-31-15-28-44(52(50)48-32-37-19-4-5-20-38(37)34-51(48)59)47-33-39-21-7-9-24-41(39)42-25-10-11-26-43(42)47/h2,4-10,12-25,27-29,31,34,47-49,54-55,58H,1,3,11,26,30,32-33H2,(H,56,57). The van der Waals surface area contributed by atoms with Gasteiger partial charge in [-0.15, -0.1) is 0 Å². The molecule has 2 heterocycles. The lowest BCUT2D eigenvalue weighted by Gasteiger charge is -2.41. The Morgan fingerprint density at radius 1 is 0.695 bits per heavy atom. The summed E-state index contributed by atoms with van der Waals surface area (Å²) in [6.07, 6.45) is 28.2. The first-order valence-electron chi connectivity index (χ1n) is 21.8. The molecule has 7 aliphatic rings. The average molecular weight is 765 g/mol. The van der Waals surface area contributed by atoms with Crippen LogP contribution in [0, 0.1) is 0 Å². The Balaban J connectivity index is 0.999. The van der Waals surface area contributed by atoms with E-state index in [1.54, 1.807) is 5.57 Å². The van der Waals surface area contributed by atoms with Gasteiger partial charge >= 0.3 is 0 Å². The molecule has 5 aliphatic carbocycles. The van der Waals surface area contributed by atoms with Gasteiger partial charge in [0.25, 0.3) is 0 Å². The summed E-state index contributed by atoms with van der Waals surface area (Å²) in [6.45, 7) is 0. The van der Waals surface area contributed by atoms with Crippen molar-refractivity contribution >= 4 is 33.9 Å². The normalized spacial score (nSPS) is 25.2. The first kappa shape index (κ1) is 34.8. The van der Waals surface area contributed by atoms with E-state index in [0.29, 0.717) is 5.92 Å². The summed E-state index contributed by atoms with van der Waals surface area (Å²) in [6, 6.07) is 41.0. The highest BCUT2D eigenvalue weighted by Gasteiger charge is 2.45. The molecule has 4 nitrogen and oxygen atoms in total. The summed E-state index contributed by atoms with van der Waals surface area (Å²) in [5.41, 5.74) is 18.3. The molecule has 2 N–H and O–H groups in total. The Morgan fingerprint density at radius 2 is 1.51 bits per heavy atom. The maximum atomic E-state index is 5.57. The highest BCUT2D eigenvalue weighted by molar-refractivity contribution is 6.02. The molecular weight excluding hydrogens is 717 g/mol. The Bertz CT molecular complexity index is 2800. The molecule has 0 spiro atoms. The maximum Gasteiger partial charge on any atom is 0.131 e. The minimum Gasteiger partial charge on any atom is -0.350 e. The molecule has 12 rings (SSSR count). The summed E-state index contributed by atoms with van der Waals surface area (Å²) in [5, 5.41) is 10.4. The molecule has 2 aliphatic heterocycles. The van der Waals surface area contributed by atoms with Crippen molar-refractivity contribution in [2.75, 3.05) is 4.90 Å².